The predicted molar refractivity (Wildman–Crippen MR) is 116 cm³/mol. The minimum Gasteiger partial charge on any atom is -0.115 e. The Bertz CT molecular complexity index is 1180. The molecule has 4 aliphatic carbocycles. The highest BCUT2D eigenvalue weighted by molar-refractivity contribution is 5.54. The number of benzene rings is 3. The highest BCUT2D eigenvalue weighted by Gasteiger charge is 2.09. The summed E-state index contributed by atoms with van der Waals surface area (Å²) in [5, 5.41) is 0. The Kier molecular flexibility index (Phi) is 5.02. The van der Waals surface area contributed by atoms with Crippen LogP contribution in [-0.2, 0) is 25.7 Å². The summed E-state index contributed by atoms with van der Waals surface area (Å²) in [6.07, 6.45) is 15.1. The van der Waals surface area contributed by atoms with E-state index in [2.05, 4.69) is 60.1 Å². The third-order valence-electron chi connectivity index (χ3n) is 5.28. The van der Waals surface area contributed by atoms with E-state index in [0.717, 1.165) is 47.9 Å². The van der Waals surface area contributed by atoms with Crippen LogP contribution in [0.15, 0.2) is 60.7 Å². The Hall–Kier alpha value is -3.66. The Morgan fingerprint density at radius 2 is 1.07 bits per heavy atom. The Balaban J connectivity index is 1.73. The maximum Gasteiger partial charge on any atom is 0.0405 e. The molecular weight excluding hydrogens is 336 g/mol. The lowest BCUT2D eigenvalue weighted by molar-refractivity contribution is 0.916. The van der Waals surface area contributed by atoms with Crippen molar-refractivity contribution in [3.05, 3.63) is 105 Å². The van der Waals surface area contributed by atoms with Gasteiger partial charge in [-0.05, 0) is 72.2 Å². The van der Waals surface area contributed by atoms with Crippen LogP contribution in [0.1, 0.15) is 44.5 Å². The zero-order chi connectivity index (χ0) is 19.3. The molecule has 0 N–H and O–H groups in total. The van der Waals surface area contributed by atoms with Crippen molar-refractivity contribution >= 4 is 0 Å². The van der Waals surface area contributed by atoms with Crippen LogP contribution in [0.4, 0.5) is 0 Å². The van der Waals surface area contributed by atoms with Crippen LogP contribution in [0.2, 0.25) is 0 Å². The fourth-order valence-electron chi connectivity index (χ4n) is 3.66. The Morgan fingerprint density at radius 3 is 1.71 bits per heavy atom. The molecule has 4 bridgehead atoms. The maximum absolute atomic E-state index is 5.73. The van der Waals surface area contributed by atoms with E-state index in [9.17, 15) is 0 Å². The van der Waals surface area contributed by atoms with E-state index in [1.807, 2.05) is 24.3 Å². The number of rotatable bonds is 0. The van der Waals surface area contributed by atoms with E-state index in [1.165, 1.54) is 22.3 Å². The molecule has 3 aromatic carbocycles. The van der Waals surface area contributed by atoms with E-state index in [1.54, 1.807) is 0 Å². The summed E-state index contributed by atoms with van der Waals surface area (Å²) in [5.74, 6) is 12.2. The van der Waals surface area contributed by atoms with Gasteiger partial charge in [-0.1, -0.05) is 60.1 Å². The van der Waals surface area contributed by atoms with Gasteiger partial charge >= 0.3 is 0 Å². The summed E-state index contributed by atoms with van der Waals surface area (Å²) in [6, 6.07) is 21.1. The van der Waals surface area contributed by atoms with E-state index in [0.29, 0.717) is 0 Å². The Labute approximate surface area is 167 Å². The molecule has 28 heavy (non-hydrogen) atoms. The smallest absolute Gasteiger partial charge is 0.0405 e. The molecule has 0 aromatic heterocycles. The van der Waals surface area contributed by atoms with Crippen LogP contribution in [0.3, 0.4) is 0 Å². The van der Waals surface area contributed by atoms with Gasteiger partial charge < -0.3 is 0 Å². The van der Waals surface area contributed by atoms with Gasteiger partial charge in [0.1, 0.15) is 0 Å². The molecule has 4 aliphatic rings. The van der Waals surface area contributed by atoms with E-state index < -0.39 is 0 Å². The largest absolute Gasteiger partial charge is 0.115 e. The molecule has 0 unspecified atom stereocenters. The third-order valence-corrected chi connectivity index (χ3v) is 5.28. The second-order valence-corrected chi connectivity index (χ2v) is 7.07. The fraction of sp³-hybridized carbons (Fsp3) is 0.143. The topological polar surface area (TPSA) is 0 Å². The van der Waals surface area contributed by atoms with E-state index in [-0.39, 0.29) is 0 Å². The van der Waals surface area contributed by atoms with Crippen LogP contribution < -0.4 is 0 Å². The molecule has 0 saturated heterocycles. The number of hydrogen-bond acceptors (Lipinski definition) is 0. The van der Waals surface area contributed by atoms with Crippen molar-refractivity contribution < 1.29 is 0 Å². The number of terminal acetylenes is 2. The first-order valence-corrected chi connectivity index (χ1v) is 9.54. The van der Waals surface area contributed by atoms with Crippen LogP contribution in [0, 0.1) is 36.5 Å². The quantitative estimate of drug-likeness (QED) is 0.501. The van der Waals surface area contributed by atoms with Crippen molar-refractivity contribution in [2.45, 2.75) is 25.7 Å². The second kappa shape index (κ2) is 7.92. The third kappa shape index (κ3) is 3.71. The molecule has 0 spiro atoms. The zero-order valence-corrected chi connectivity index (χ0v) is 15.8. The number of aryl methyl sites for hydroxylation is 4. The molecule has 7 rings (SSSR count). The summed E-state index contributed by atoms with van der Waals surface area (Å²) >= 11 is 0. The molecule has 0 saturated carbocycles. The van der Waals surface area contributed by atoms with Crippen LogP contribution >= 0.6 is 0 Å². The summed E-state index contributed by atoms with van der Waals surface area (Å²) in [6.45, 7) is 0. The van der Waals surface area contributed by atoms with Crippen molar-refractivity contribution in [2.24, 2.45) is 0 Å². The standard InChI is InChI=1S/C28H20/c1-3-23-7-5-6-8-25(23)17-18-28-20-22-10-14-26-13-9-21(19-24(26)4-2)11-15-27(28)16-12-22/h1-2,5-9,12-13,16,19-20H,10-11,14-15H2. The molecule has 0 nitrogen and oxygen atoms in total. The molecular formula is C28H20. The van der Waals surface area contributed by atoms with Crippen molar-refractivity contribution in [3.63, 3.8) is 0 Å². The van der Waals surface area contributed by atoms with Gasteiger partial charge in [-0.3, -0.25) is 0 Å². The summed E-state index contributed by atoms with van der Waals surface area (Å²) < 4.78 is 0. The molecule has 0 radical (unpaired) electrons. The predicted octanol–water partition coefficient (Wildman–Crippen LogP) is 4.93. The molecule has 0 aliphatic heterocycles. The maximum atomic E-state index is 5.73. The van der Waals surface area contributed by atoms with Gasteiger partial charge in [-0.2, -0.15) is 0 Å². The van der Waals surface area contributed by atoms with Crippen molar-refractivity contribution in [2.75, 3.05) is 0 Å². The fourth-order valence-corrected chi connectivity index (χ4v) is 3.66. The first-order valence-electron chi connectivity index (χ1n) is 9.54. The zero-order valence-electron chi connectivity index (χ0n) is 15.8. The average Bonchev–Trinajstić information content (AvgIpc) is 2.74. The summed E-state index contributed by atoms with van der Waals surface area (Å²) in [5.41, 5.74) is 8.92. The average molecular weight is 356 g/mol. The lowest BCUT2D eigenvalue weighted by Gasteiger charge is -2.13. The van der Waals surface area contributed by atoms with E-state index >= 15 is 0 Å². The van der Waals surface area contributed by atoms with Crippen molar-refractivity contribution in [1.82, 2.24) is 0 Å². The molecule has 3 aromatic rings. The summed E-state index contributed by atoms with van der Waals surface area (Å²) in [4.78, 5) is 0. The lowest BCUT2D eigenvalue weighted by Crippen LogP contribution is -2.02. The molecule has 0 heteroatoms. The highest BCUT2D eigenvalue weighted by atomic mass is 14.1. The molecule has 0 atom stereocenters. The number of hydrogen-bond donors (Lipinski definition) is 0. The van der Waals surface area contributed by atoms with Gasteiger partial charge in [-0.15, -0.1) is 12.8 Å². The summed E-state index contributed by atoms with van der Waals surface area (Å²) in [7, 11) is 0. The monoisotopic (exact) mass is 356 g/mol. The minimum atomic E-state index is 0.837. The minimum absolute atomic E-state index is 0.837. The SMILES string of the molecule is C#Cc1ccccc1C#Cc1cc2ccc1CCc1ccc(c(C#C)c1)CC2. The normalized spacial score (nSPS) is 12.1. The lowest BCUT2D eigenvalue weighted by atomic mass is 9.91. The highest BCUT2D eigenvalue weighted by Crippen LogP contribution is 2.21. The van der Waals surface area contributed by atoms with Gasteiger partial charge in [0.25, 0.3) is 0 Å². The molecule has 0 heterocycles. The first-order chi connectivity index (χ1) is 13.8. The van der Waals surface area contributed by atoms with Gasteiger partial charge in [-0.25, -0.2) is 0 Å². The van der Waals surface area contributed by atoms with Gasteiger partial charge in [0.2, 0.25) is 0 Å². The molecule has 0 fully saturated rings. The van der Waals surface area contributed by atoms with Gasteiger partial charge in [0.15, 0.2) is 0 Å². The van der Waals surface area contributed by atoms with Crippen LogP contribution in [0.25, 0.3) is 0 Å². The van der Waals surface area contributed by atoms with Crippen molar-refractivity contribution in [3.8, 4) is 36.5 Å². The van der Waals surface area contributed by atoms with Gasteiger partial charge in [0, 0.05) is 22.3 Å². The van der Waals surface area contributed by atoms with Crippen LogP contribution in [-0.4, -0.2) is 0 Å². The van der Waals surface area contributed by atoms with Gasteiger partial charge in [0.05, 0.1) is 0 Å². The molecule has 0 amide bonds. The first kappa shape index (κ1) is 17.7. The van der Waals surface area contributed by atoms with Crippen LogP contribution in [0.5, 0.6) is 0 Å². The van der Waals surface area contributed by atoms with Crippen molar-refractivity contribution in [1.29, 1.82) is 0 Å². The second-order valence-electron chi connectivity index (χ2n) is 7.07. The molecule has 132 valence electrons. The Morgan fingerprint density at radius 1 is 0.536 bits per heavy atom. The van der Waals surface area contributed by atoms with E-state index in [4.69, 9.17) is 12.8 Å².